The van der Waals surface area contributed by atoms with E-state index >= 15 is 0 Å². The summed E-state index contributed by atoms with van der Waals surface area (Å²) in [5.74, 6) is -0.887. The molecule has 0 spiro atoms. The molecule has 0 saturated carbocycles. The molecule has 19 heavy (non-hydrogen) atoms. The standard InChI is InChI=1S/C12H15N2O5/c1-2-13-12(17)18-8-11(16)19-10(15)7-9-5-3-4-6-14-9/h3-6,10H,2,7-8H2,1H3,(H,13,17). The maximum Gasteiger partial charge on any atom is 0.407 e. The van der Waals surface area contributed by atoms with Crippen molar-refractivity contribution in [2.75, 3.05) is 13.2 Å². The van der Waals surface area contributed by atoms with Gasteiger partial charge in [0, 0.05) is 18.4 Å². The Labute approximate surface area is 110 Å². The maximum atomic E-state index is 11.4. The number of pyridine rings is 1. The first-order valence-electron chi connectivity index (χ1n) is 5.77. The van der Waals surface area contributed by atoms with Gasteiger partial charge in [-0.3, -0.25) is 4.98 Å². The number of ether oxygens (including phenoxy) is 2. The van der Waals surface area contributed by atoms with Gasteiger partial charge in [0.2, 0.25) is 6.29 Å². The quantitative estimate of drug-likeness (QED) is 0.603. The highest BCUT2D eigenvalue weighted by atomic mass is 16.7. The molecule has 1 atom stereocenters. The Hall–Kier alpha value is -2.15. The molecule has 1 heterocycles. The Morgan fingerprint density at radius 2 is 2.21 bits per heavy atom. The van der Waals surface area contributed by atoms with Crippen LogP contribution in [-0.4, -0.2) is 36.5 Å². The molecule has 1 aromatic heterocycles. The Balaban J connectivity index is 2.26. The van der Waals surface area contributed by atoms with E-state index in [9.17, 15) is 14.7 Å². The zero-order chi connectivity index (χ0) is 14.1. The van der Waals surface area contributed by atoms with Crippen LogP contribution in [0.1, 0.15) is 12.6 Å². The van der Waals surface area contributed by atoms with Gasteiger partial charge < -0.3 is 14.8 Å². The van der Waals surface area contributed by atoms with E-state index in [4.69, 9.17) is 0 Å². The summed E-state index contributed by atoms with van der Waals surface area (Å²) >= 11 is 0. The van der Waals surface area contributed by atoms with Gasteiger partial charge in [-0.2, -0.15) is 5.11 Å². The van der Waals surface area contributed by atoms with Crippen LogP contribution in [0.3, 0.4) is 0 Å². The summed E-state index contributed by atoms with van der Waals surface area (Å²) in [6.45, 7) is 1.50. The topological polar surface area (TPSA) is 97.4 Å². The Bertz CT molecular complexity index is 410. The highest BCUT2D eigenvalue weighted by Crippen LogP contribution is 2.01. The summed E-state index contributed by atoms with van der Waals surface area (Å²) in [6, 6.07) is 5.11. The fourth-order valence-corrected chi connectivity index (χ4v) is 1.23. The van der Waals surface area contributed by atoms with Crippen molar-refractivity contribution in [1.29, 1.82) is 0 Å². The predicted molar refractivity (Wildman–Crippen MR) is 63.5 cm³/mol. The zero-order valence-electron chi connectivity index (χ0n) is 10.5. The first kappa shape index (κ1) is 14.9. The fraction of sp³-hybridized carbons (Fsp3) is 0.417. The van der Waals surface area contributed by atoms with E-state index < -0.39 is 25.0 Å². The molecule has 0 fully saturated rings. The van der Waals surface area contributed by atoms with Crippen molar-refractivity contribution in [2.24, 2.45) is 0 Å². The summed E-state index contributed by atoms with van der Waals surface area (Å²) in [4.78, 5) is 26.0. The first-order chi connectivity index (χ1) is 9.11. The highest BCUT2D eigenvalue weighted by molar-refractivity contribution is 5.75. The van der Waals surface area contributed by atoms with Crippen molar-refractivity contribution < 1.29 is 24.2 Å². The van der Waals surface area contributed by atoms with Crippen LogP contribution in [0.5, 0.6) is 0 Å². The maximum absolute atomic E-state index is 11.4. The number of nitrogens with zero attached hydrogens (tertiary/aromatic N) is 1. The number of hydrogen-bond acceptors (Lipinski definition) is 5. The van der Waals surface area contributed by atoms with Crippen LogP contribution < -0.4 is 5.32 Å². The van der Waals surface area contributed by atoms with E-state index in [-0.39, 0.29) is 6.42 Å². The number of carbonyl (C=O) groups is 2. The summed E-state index contributed by atoms with van der Waals surface area (Å²) in [7, 11) is 0. The van der Waals surface area contributed by atoms with Crippen molar-refractivity contribution in [3.63, 3.8) is 0 Å². The summed E-state index contributed by atoms with van der Waals surface area (Å²) in [6.07, 6.45) is -0.789. The van der Waals surface area contributed by atoms with Crippen molar-refractivity contribution in [3.05, 3.63) is 30.1 Å². The van der Waals surface area contributed by atoms with Gasteiger partial charge in [-0.25, -0.2) is 9.59 Å². The molecule has 0 bridgehead atoms. The second-order valence-corrected chi connectivity index (χ2v) is 3.55. The Morgan fingerprint density at radius 1 is 1.42 bits per heavy atom. The van der Waals surface area contributed by atoms with Gasteiger partial charge in [-0.1, -0.05) is 6.07 Å². The number of carbonyl (C=O) groups excluding carboxylic acids is 2. The van der Waals surface area contributed by atoms with Gasteiger partial charge in [-0.05, 0) is 19.1 Å². The van der Waals surface area contributed by atoms with Crippen molar-refractivity contribution >= 4 is 12.1 Å². The third-order valence-electron chi connectivity index (χ3n) is 2.01. The molecule has 0 aliphatic heterocycles. The first-order valence-corrected chi connectivity index (χ1v) is 5.77. The molecule has 7 heteroatoms. The third kappa shape index (κ3) is 6.37. The van der Waals surface area contributed by atoms with Crippen LogP contribution in [0.15, 0.2) is 24.4 Å². The van der Waals surface area contributed by atoms with Gasteiger partial charge in [0.15, 0.2) is 6.61 Å². The molecular formula is C12H15N2O5. The van der Waals surface area contributed by atoms with Gasteiger partial charge in [-0.15, -0.1) is 0 Å². The average molecular weight is 267 g/mol. The number of hydrogen-bond donors (Lipinski definition) is 1. The molecule has 1 rings (SSSR count). The number of nitrogens with one attached hydrogen (secondary N) is 1. The van der Waals surface area contributed by atoms with E-state index in [0.717, 1.165) is 0 Å². The fourth-order valence-electron chi connectivity index (χ4n) is 1.23. The second-order valence-electron chi connectivity index (χ2n) is 3.55. The minimum absolute atomic E-state index is 0.0340. The van der Waals surface area contributed by atoms with Crippen molar-refractivity contribution in [1.82, 2.24) is 10.3 Å². The minimum Gasteiger partial charge on any atom is -0.438 e. The Kier molecular flexibility index (Phi) is 6.31. The van der Waals surface area contributed by atoms with Crippen LogP contribution in [0.4, 0.5) is 4.79 Å². The molecule has 0 aromatic carbocycles. The number of esters is 1. The molecule has 7 nitrogen and oxygen atoms in total. The van der Waals surface area contributed by atoms with Crippen LogP contribution >= 0.6 is 0 Å². The predicted octanol–water partition coefficient (Wildman–Crippen LogP) is 0.670. The van der Waals surface area contributed by atoms with E-state index in [1.165, 1.54) is 0 Å². The molecule has 0 aliphatic carbocycles. The second kappa shape index (κ2) is 8.04. The number of rotatable bonds is 6. The molecule has 1 radical (unpaired) electrons. The Morgan fingerprint density at radius 3 is 2.84 bits per heavy atom. The largest absolute Gasteiger partial charge is 0.438 e. The monoisotopic (exact) mass is 267 g/mol. The number of alkyl carbamates (subject to hydrolysis) is 1. The van der Waals surface area contributed by atoms with E-state index in [1.54, 1.807) is 31.3 Å². The third-order valence-corrected chi connectivity index (χ3v) is 2.01. The van der Waals surface area contributed by atoms with Crippen LogP contribution in [0.2, 0.25) is 0 Å². The minimum atomic E-state index is -1.57. The lowest BCUT2D eigenvalue weighted by Gasteiger charge is -2.10. The lowest BCUT2D eigenvalue weighted by molar-refractivity contribution is -0.181. The smallest absolute Gasteiger partial charge is 0.407 e. The van der Waals surface area contributed by atoms with E-state index in [0.29, 0.717) is 12.2 Å². The van der Waals surface area contributed by atoms with Crippen LogP contribution in [0.25, 0.3) is 0 Å². The van der Waals surface area contributed by atoms with Crippen LogP contribution in [0, 0.1) is 0 Å². The summed E-state index contributed by atoms with van der Waals surface area (Å²) < 4.78 is 9.06. The van der Waals surface area contributed by atoms with Crippen molar-refractivity contribution in [3.8, 4) is 0 Å². The molecule has 1 amide bonds. The number of aromatic nitrogens is 1. The van der Waals surface area contributed by atoms with Crippen LogP contribution in [-0.2, 0) is 25.8 Å². The molecule has 1 unspecified atom stereocenters. The van der Waals surface area contributed by atoms with Gasteiger partial charge in [0.1, 0.15) is 0 Å². The lowest BCUT2D eigenvalue weighted by Crippen LogP contribution is -2.28. The van der Waals surface area contributed by atoms with Gasteiger partial charge >= 0.3 is 12.1 Å². The van der Waals surface area contributed by atoms with Crippen molar-refractivity contribution in [2.45, 2.75) is 19.6 Å². The van der Waals surface area contributed by atoms with Gasteiger partial charge in [0.05, 0.1) is 6.42 Å². The molecule has 0 aliphatic rings. The SMILES string of the molecule is CCNC(=O)OCC(=O)OC([O])Cc1ccccn1. The van der Waals surface area contributed by atoms with E-state index in [1.807, 2.05) is 0 Å². The molecule has 1 N–H and O–H groups in total. The number of amides is 1. The summed E-state index contributed by atoms with van der Waals surface area (Å²) in [5, 5.41) is 13.8. The highest BCUT2D eigenvalue weighted by Gasteiger charge is 2.15. The summed E-state index contributed by atoms with van der Waals surface area (Å²) in [5.41, 5.74) is 0.528. The molecular weight excluding hydrogens is 252 g/mol. The zero-order valence-corrected chi connectivity index (χ0v) is 10.5. The molecule has 103 valence electrons. The van der Waals surface area contributed by atoms with E-state index in [2.05, 4.69) is 19.8 Å². The average Bonchev–Trinajstić information content (AvgIpc) is 2.38. The normalized spacial score (nSPS) is 11.5. The lowest BCUT2D eigenvalue weighted by atomic mass is 10.3. The van der Waals surface area contributed by atoms with Gasteiger partial charge in [0.25, 0.3) is 0 Å². The molecule has 1 aromatic rings. The molecule has 0 saturated heterocycles.